The van der Waals surface area contributed by atoms with Crippen molar-refractivity contribution in [2.75, 3.05) is 0 Å². The van der Waals surface area contributed by atoms with Crippen LogP contribution in [0.1, 0.15) is 69.8 Å². The quantitative estimate of drug-likeness (QED) is 0.692. The maximum Gasteiger partial charge on any atom is 0.252 e. The molecule has 0 radical (unpaired) electrons. The molecule has 0 atom stereocenters. The molecule has 1 saturated carbocycles. The molecule has 0 amide bonds. The van der Waals surface area contributed by atoms with E-state index in [0.717, 1.165) is 40.7 Å². The van der Waals surface area contributed by atoms with Crippen molar-refractivity contribution in [3.05, 3.63) is 51.6 Å². The summed E-state index contributed by atoms with van der Waals surface area (Å²) < 4.78 is 1.90. The van der Waals surface area contributed by atoms with Crippen LogP contribution in [0.15, 0.2) is 29.1 Å². The average Bonchev–Trinajstić information content (AvgIpc) is 3.17. The SMILES string of the molecule is Cc1ccc2cc(CN(Cc3nnnn3C(C)(C)C)C3CCCCC3)c(=O)[nH]c2c1. The maximum absolute atomic E-state index is 12.9. The summed E-state index contributed by atoms with van der Waals surface area (Å²) in [6, 6.07) is 8.67. The lowest BCUT2D eigenvalue weighted by Crippen LogP contribution is -2.39. The molecule has 1 aliphatic carbocycles. The third-order valence-corrected chi connectivity index (χ3v) is 6.06. The summed E-state index contributed by atoms with van der Waals surface area (Å²) in [6.07, 6.45) is 6.07. The standard InChI is InChI=1S/C23H32N6O/c1-16-10-11-17-13-18(22(30)24-20(17)12-16)14-28(19-8-6-5-7-9-19)15-21-25-26-27-29(21)23(2,3)4/h10-13,19H,5-9,14-15H2,1-4H3,(H,24,30). The molecule has 3 aromatic rings. The Morgan fingerprint density at radius 1 is 1.13 bits per heavy atom. The predicted octanol–water partition coefficient (Wildman–Crippen LogP) is 3.91. The number of nitrogens with zero attached hydrogens (tertiary/aromatic N) is 5. The molecule has 160 valence electrons. The molecule has 4 rings (SSSR count). The molecule has 0 spiro atoms. The van der Waals surface area contributed by atoms with Gasteiger partial charge >= 0.3 is 0 Å². The van der Waals surface area contributed by atoms with Crippen LogP contribution < -0.4 is 5.56 Å². The lowest BCUT2D eigenvalue weighted by molar-refractivity contribution is 0.130. The smallest absolute Gasteiger partial charge is 0.252 e. The van der Waals surface area contributed by atoms with Gasteiger partial charge in [-0.05, 0) is 74.0 Å². The highest BCUT2D eigenvalue weighted by Gasteiger charge is 2.27. The molecular weight excluding hydrogens is 376 g/mol. The van der Waals surface area contributed by atoms with Gasteiger partial charge in [0.15, 0.2) is 5.82 Å². The number of rotatable bonds is 5. The third kappa shape index (κ3) is 4.46. The van der Waals surface area contributed by atoms with Gasteiger partial charge in [-0.1, -0.05) is 31.4 Å². The largest absolute Gasteiger partial charge is 0.322 e. The average molecular weight is 409 g/mol. The number of hydrogen-bond acceptors (Lipinski definition) is 5. The molecule has 2 heterocycles. The van der Waals surface area contributed by atoms with Crippen molar-refractivity contribution >= 4 is 10.9 Å². The van der Waals surface area contributed by atoms with E-state index in [1.54, 1.807) is 0 Å². The molecular formula is C23H32N6O. The van der Waals surface area contributed by atoms with Crippen molar-refractivity contribution in [1.29, 1.82) is 0 Å². The maximum atomic E-state index is 12.9. The molecule has 0 bridgehead atoms. The number of aromatic nitrogens is 5. The fourth-order valence-corrected chi connectivity index (χ4v) is 4.46. The van der Waals surface area contributed by atoms with Crippen LogP contribution in [0.2, 0.25) is 0 Å². The van der Waals surface area contributed by atoms with Crippen molar-refractivity contribution in [2.24, 2.45) is 0 Å². The third-order valence-electron chi connectivity index (χ3n) is 6.06. The van der Waals surface area contributed by atoms with Crippen molar-refractivity contribution in [3.63, 3.8) is 0 Å². The first-order valence-electron chi connectivity index (χ1n) is 11.0. The van der Waals surface area contributed by atoms with Gasteiger partial charge in [-0.15, -0.1) is 5.10 Å². The molecule has 1 aromatic carbocycles. The van der Waals surface area contributed by atoms with E-state index < -0.39 is 0 Å². The van der Waals surface area contributed by atoms with Crippen LogP contribution >= 0.6 is 0 Å². The van der Waals surface area contributed by atoms with Gasteiger partial charge in [-0.3, -0.25) is 9.69 Å². The molecule has 30 heavy (non-hydrogen) atoms. The Balaban J connectivity index is 1.66. The number of aromatic amines is 1. The fourth-order valence-electron chi connectivity index (χ4n) is 4.46. The number of H-pyrrole nitrogens is 1. The molecule has 1 N–H and O–H groups in total. The Morgan fingerprint density at radius 2 is 1.90 bits per heavy atom. The van der Waals surface area contributed by atoms with Crippen LogP contribution in [-0.2, 0) is 18.6 Å². The van der Waals surface area contributed by atoms with Crippen LogP contribution in [-0.4, -0.2) is 36.1 Å². The molecule has 1 fully saturated rings. The van der Waals surface area contributed by atoms with Crippen molar-refractivity contribution in [2.45, 2.75) is 84.5 Å². The van der Waals surface area contributed by atoms with Crippen LogP contribution in [0.4, 0.5) is 0 Å². The van der Waals surface area contributed by atoms with Crippen LogP contribution in [0.5, 0.6) is 0 Å². The zero-order valence-electron chi connectivity index (χ0n) is 18.5. The number of pyridine rings is 1. The van der Waals surface area contributed by atoms with E-state index >= 15 is 0 Å². The van der Waals surface area contributed by atoms with Crippen LogP contribution in [0.25, 0.3) is 10.9 Å². The molecule has 1 aliphatic rings. The van der Waals surface area contributed by atoms with E-state index in [2.05, 4.69) is 58.3 Å². The van der Waals surface area contributed by atoms with Crippen molar-refractivity contribution in [3.8, 4) is 0 Å². The van der Waals surface area contributed by atoms with E-state index in [4.69, 9.17) is 0 Å². The summed E-state index contributed by atoms with van der Waals surface area (Å²) in [5, 5.41) is 13.5. The monoisotopic (exact) mass is 408 g/mol. The predicted molar refractivity (Wildman–Crippen MR) is 118 cm³/mol. The number of tetrazole rings is 1. The summed E-state index contributed by atoms with van der Waals surface area (Å²) in [4.78, 5) is 18.3. The normalized spacial score (nSPS) is 15.9. The summed E-state index contributed by atoms with van der Waals surface area (Å²) in [5.41, 5.74) is 2.64. The highest BCUT2D eigenvalue weighted by atomic mass is 16.1. The Bertz CT molecular complexity index is 1070. The van der Waals surface area contributed by atoms with Gasteiger partial charge in [0.25, 0.3) is 5.56 Å². The molecule has 7 heteroatoms. The zero-order chi connectivity index (χ0) is 21.3. The molecule has 7 nitrogen and oxygen atoms in total. The Kier molecular flexibility index (Phi) is 5.73. The van der Waals surface area contributed by atoms with Gasteiger partial charge in [-0.2, -0.15) is 0 Å². The second kappa shape index (κ2) is 8.30. The Morgan fingerprint density at radius 3 is 2.63 bits per heavy atom. The zero-order valence-corrected chi connectivity index (χ0v) is 18.5. The van der Waals surface area contributed by atoms with Gasteiger partial charge in [0.2, 0.25) is 0 Å². The van der Waals surface area contributed by atoms with E-state index in [1.807, 2.05) is 23.7 Å². The minimum Gasteiger partial charge on any atom is -0.322 e. The topological polar surface area (TPSA) is 79.7 Å². The number of benzene rings is 1. The van der Waals surface area contributed by atoms with Crippen LogP contribution in [0, 0.1) is 6.92 Å². The number of aryl methyl sites for hydroxylation is 1. The van der Waals surface area contributed by atoms with E-state index in [1.165, 1.54) is 19.3 Å². The van der Waals surface area contributed by atoms with Gasteiger partial charge in [0.05, 0.1) is 12.1 Å². The second-order valence-electron chi connectivity index (χ2n) is 9.59. The van der Waals surface area contributed by atoms with Crippen molar-refractivity contribution in [1.82, 2.24) is 30.1 Å². The fraction of sp³-hybridized carbons (Fsp3) is 0.565. The first kappa shape index (κ1) is 20.7. The summed E-state index contributed by atoms with van der Waals surface area (Å²) in [6.45, 7) is 9.59. The van der Waals surface area contributed by atoms with Crippen molar-refractivity contribution < 1.29 is 0 Å². The van der Waals surface area contributed by atoms with E-state index in [0.29, 0.717) is 19.1 Å². The summed E-state index contributed by atoms with van der Waals surface area (Å²) >= 11 is 0. The lowest BCUT2D eigenvalue weighted by Gasteiger charge is -2.34. The second-order valence-corrected chi connectivity index (χ2v) is 9.59. The lowest BCUT2D eigenvalue weighted by atomic mass is 9.93. The first-order valence-corrected chi connectivity index (χ1v) is 11.0. The van der Waals surface area contributed by atoms with Crippen LogP contribution in [0.3, 0.4) is 0 Å². The molecule has 0 aliphatic heterocycles. The van der Waals surface area contributed by atoms with E-state index in [-0.39, 0.29) is 11.1 Å². The van der Waals surface area contributed by atoms with Gasteiger partial charge in [0.1, 0.15) is 0 Å². The summed E-state index contributed by atoms with van der Waals surface area (Å²) in [7, 11) is 0. The van der Waals surface area contributed by atoms with Gasteiger partial charge < -0.3 is 4.98 Å². The Labute approximate surface area is 177 Å². The summed E-state index contributed by atoms with van der Waals surface area (Å²) in [5.74, 6) is 0.848. The minimum atomic E-state index is -0.185. The first-order chi connectivity index (χ1) is 14.3. The molecule has 0 saturated heterocycles. The number of hydrogen-bond donors (Lipinski definition) is 1. The van der Waals surface area contributed by atoms with Gasteiger partial charge in [0, 0.05) is 23.7 Å². The minimum absolute atomic E-state index is 0.00989. The highest BCUT2D eigenvalue weighted by Crippen LogP contribution is 2.26. The number of nitrogens with one attached hydrogen (secondary N) is 1. The number of fused-ring (bicyclic) bond motifs is 1. The Hall–Kier alpha value is -2.54. The molecule has 2 aromatic heterocycles. The molecule has 0 unspecified atom stereocenters. The highest BCUT2D eigenvalue weighted by molar-refractivity contribution is 5.79. The van der Waals surface area contributed by atoms with Gasteiger partial charge in [-0.25, -0.2) is 4.68 Å². The van der Waals surface area contributed by atoms with E-state index in [9.17, 15) is 4.79 Å².